The summed E-state index contributed by atoms with van der Waals surface area (Å²) in [6.07, 6.45) is 2.94. The molecule has 0 spiro atoms. The maximum atomic E-state index is 9.62. The van der Waals surface area contributed by atoms with E-state index in [0.717, 1.165) is 25.8 Å². The van der Waals surface area contributed by atoms with E-state index in [1.807, 2.05) is 0 Å². The first kappa shape index (κ1) is 10.2. The number of aliphatic hydroxyl groups excluding tert-OH is 1. The van der Waals surface area contributed by atoms with E-state index in [4.69, 9.17) is 5.73 Å². The lowest BCUT2D eigenvalue weighted by molar-refractivity contribution is 0.138. The Morgan fingerprint density at radius 1 is 1.40 bits per heavy atom. The number of aliphatic hydroxyl groups is 1. The molecular formula is C10H16N4O. The molecule has 2 rings (SSSR count). The molecule has 2 unspecified atom stereocenters. The van der Waals surface area contributed by atoms with Crippen LogP contribution in [0.3, 0.4) is 0 Å². The summed E-state index contributed by atoms with van der Waals surface area (Å²) in [5.74, 6) is 1.47. The van der Waals surface area contributed by atoms with E-state index in [2.05, 4.69) is 15.5 Å². The Bertz CT molecular complexity index is 314. The lowest BCUT2D eigenvalue weighted by Gasteiger charge is -2.14. The van der Waals surface area contributed by atoms with Crippen molar-refractivity contribution in [1.82, 2.24) is 10.2 Å². The molecule has 1 aliphatic carbocycles. The summed E-state index contributed by atoms with van der Waals surface area (Å²) in [7, 11) is 0. The van der Waals surface area contributed by atoms with Crippen molar-refractivity contribution in [2.75, 3.05) is 17.6 Å². The van der Waals surface area contributed by atoms with Gasteiger partial charge >= 0.3 is 0 Å². The Kier molecular flexibility index (Phi) is 3.01. The van der Waals surface area contributed by atoms with Crippen LogP contribution in [-0.2, 0) is 0 Å². The summed E-state index contributed by atoms with van der Waals surface area (Å²) in [4.78, 5) is 0. The number of hydrogen-bond donors (Lipinski definition) is 3. The molecule has 5 nitrogen and oxygen atoms in total. The van der Waals surface area contributed by atoms with Crippen molar-refractivity contribution < 1.29 is 5.11 Å². The zero-order valence-electron chi connectivity index (χ0n) is 8.56. The minimum atomic E-state index is -0.167. The summed E-state index contributed by atoms with van der Waals surface area (Å²) >= 11 is 0. The average molecular weight is 208 g/mol. The predicted octanol–water partition coefficient (Wildman–Crippen LogP) is 0.632. The van der Waals surface area contributed by atoms with Crippen LogP contribution >= 0.6 is 0 Å². The number of hydrogen-bond acceptors (Lipinski definition) is 5. The second kappa shape index (κ2) is 4.44. The van der Waals surface area contributed by atoms with Crippen LogP contribution in [0.5, 0.6) is 0 Å². The number of aromatic nitrogens is 2. The van der Waals surface area contributed by atoms with Gasteiger partial charge in [0.05, 0.1) is 6.10 Å². The lowest BCUT2D eigenvalue weighted by Crippen LogP contribution is -2.22. The van der Waals surface area contributed by atoms with Gasteiger partial charge in [0.1, 0.15) is 11.6 Å². The van der Waals surface area contributed by atoms with Crippen LogP contribution < -0.4 is 11.1 Å². The molecule has 82 valence electrons. The van der Waals surface area contributed by atoms with Crippen LogP contribution in [0, 0.1) is 5.92 Å². The molecule has 4 N–H and O–H groups in total. The van der Waals surface area contributed by atoms with Gasteiger partial charge in [-0.3, -0.25) is 0 Å². The third-order valence-corrected chi connectivity index (χ3v) is 2.85. The van der Waals surface area contributed by atoms with Crippen molar-refractivity contribution in [2.45, 2.75) is 25.4 Å². The van der Waals surface area contributed by atoms with Crippen molar-refractivity contribution in [2.24, 2.45) is 5.92 Å². The van der Waals surface area contributed by atoms with E-state index in [9.17, 15) is 5.11 Å². The monoisotopic (exact) mass is 208 g/mol. The number of rotatable bonds is 3. The molecule has 1 aromatic rings. The van der Waals surface area contributed by atoms with Gasteiger partial charge in [0.25, 0.3) is 0 Å². The normalized spacial score (nSPS) is 25.4. The van der Waals surface area contributed by atoms with Crippen molar-refractivity contribution >= 4 is 11.6 Å². The van der Waals surface area contributed by atoms with E-state index >= 15 is 0 Å². The molecule has 0 bridgehead atoms. The second-order valence-electron chi connectivity index (χ2n) is 3.98. The van der Waals surface area contributed by atoms with Crippen LogP contribution in [0.25, 0.3) is 0 Å². The minimum Gasteiger partial charge on any atom is -0.393 e. The largest absolute Gasteiger partial charge is 0.393 e. The lowest BCUT2D eigenvalue weighted by atomic mass is 10.1. The summed E-state index contributed by atoms with van der Waals surface area (Å²) in [5.41, 5.74) is 5.43. The zero-order valence-corrected chi connectivity index (χ0v) is 8.56. The van der Waals surface area contributed by atoms with Crippen LogP contribution in [0.2, 0.25) is 0 Å². The zero-order chi connectivity index (χ0) is 10.7. The fraction of sp³-hybridized carbons (Fsp3) is 0.600. The quantitative estimate of drug-likeness (QED) is 0.678. The number of nitrogen functional groups attached to an aromatic ring is 1. The molecule has 1 heterocycles. The number of nitrogens with two attached hydrogens (primary N) is 1. The first-order chi connectivity index (χ1) is 7.25. The SMILES string of the molecule is Nc1ccc(NCC2CCCC2O)nn1. The summed E-state index contributed by atoms with van der Waals surface area (Å²) in [6.45, 7) is 0.750. The van der Waals surface area contributed by atoms with Crippen LogP contribution in [0.4, 0.5) is 11.6 Å². The van der Waals surface area contributed by atoms with Gasteiger partial charge in [-0.15, -0.1) is 10.2 Å². The highest BCUT2D eigenvalue weighted by atomic mass is 16.3. The van der Waals surface area contributed by atoms with E-state index < -0.39 is 0 Å². The second-order valence-corrected chi connectivity index (χ2v) is 3.98. The molecule has 1 fully saturated rings. The van der Waals surface area contributed by atoms with Crippen molar-refractivity contribution in [3.8, 4) is 0 Å². The summed E-state index contributed by atoms with van der Waals surface area (Å²) in [5, 5.41) is 20.4. The highest BCUT2D eigenvalue weighted by Gasteiger charge is 2.24. The van der Waals surface area contributed by atoms with Crippen LogP contribution in [-0.4, -0.2) is 28.0 Å². The van der Waals surface area contributed by atoms with E-state index in [0.29, 0.717) is 17.6 Å². The number of nitrogens with zero attached hydrogens (tertiary/aromatic N) is 2. The third kappa shape index (κ3) is 2.56. The Morgan fingerprint density at radius 3 is 2.87 bits per heavy atom. The van der Waals surface area contributed by atoms with Crippen LogP contribution in [0.1, 0.15) is 19.3 Å². The van der Waals surface area contributed by atoms with Crippen molar-refractivity contribution in [3.05, 3.63) is 12.1 Å². The maximum Gasteiger partial charge on any atom is 0.148 e. The summed E-state index contributed by atoms with van der Waals surface area (Å²) < 4.78 is 0. The number of anilines is 2. The van der Waals surface area contributed by atoms with E-state index in [-0.39, 0.29) is 6.10 Å². The van der Waals surface area contributed by atoms with Crippen molar-refractivity contribution in [3.63, 3.8) is 0 Å². The Labute approximate surface area is 88.7 Å². The molecule has 1 saturated carbocycles. The molecule has 0 amide bonds. The van der Waals surface area contributed by atoms with Gasteiger partial charge < -0.3 is 16.2 Å². The van der Waals surface area contributed by atoms with Gasteiger partial charge in [0.15, 0.2) is 0 Å². The molecule has 15 heavy (non-hydrogen) atoms. The van der Waals surface area contributed by atoms with Gasteiger partial charge in [-0.2, -0.15) is 0 Å². The first-order valence-electron chi connectivity index (χ1n) is 5.27. The average Bonchev–Trinajstić information content (AvgIpc) is 2.63. The fourth-order valence-corrected chi connectivity index (χ4v) is 1.93. The molecule has 2 atom stereocenters. The van der Waals surface area contributed by atoms with Gasteiger partial charge in [-0.25, -0.2) is 0 Å². The molecule has 0 saturated heterocycles. The Hall–Kier alpha value is -1.36. The molecule has 0 radical (unpaired) electrons. The van der Waals surface area contributed by atoms with Gasteiger partial charge in [0.2, 0.25) is 0 Å². The Morgan fingerprint density at radius 2 is 2.27 bits per heavy atom. The van der Waals surface area contributed by atoms with E-state index in [1.165, 1.54) is 0 Å². The highest BCUT2D eigenvalue weighted by molar-refractivity contribution is 5.38. The first-order valence-corrected chi connectivity index (χ1v) is 5.27. The minimum absolute atomic E-state index is 0.167. The number of nitrogens with one attached hydrogen (secondary N) is 1. The Balaban J connectivity index is 1.85. The van der Waals surface area contributed by atoms with E-state index in [1.54, 1.807) is 12.1 Å². The molecule has 5 heteroatoms. The topological polar surface area (TPSA) is 84.1 Å². The third-order valence-electron chi connectivity index (χ3n) is 2.85. The molecule has 1 aromatic heterocycles. The maximum absolute atomic E-state index is 9.62. The highest BCUT2D eigenvalue weighted by Crippen LogP contribution is 2.25. The molecule has 1 aliphatic rings. The van der Waals surface area contributed by atoms with Gasteiger partial charge in [-0.1, -0.05) is 6.42 Å². The van der Waals surface area contributed by atoms with Gasteiger partial charge in [0, 0.05) is 12.5 Å². The van der Waals surface area contributed by atoms with Gasteiger partial charge in [-0.05, 0) is 25.0 Å². The standard InChI is InChI=1S/C10H16N4O/c11-9-4-5-10(14-13-9)12-6-7-2-1-3-8(7)15/h4-5,7-8,15H,1-3,6H2,(H2,11,13)(H,12,14). The fourth-order valence-electron chi connectivity index (χ4n) is 1.93. The van der Waals surface area contributed by atoms with Crippen molar-refractivity contribution in [1.29, 1.82) is 0 Å². The predicted molar refractivity (Wildman–Crippen MR) is 58.3 cm³/mol. The summed E-state index contributed by atoms with van der Waals surface area (Å²) in [6, 6.07) is 3.50. The molecular weight excluding hydrogens is 192 g/mol. The molecule has 0 aromatic carbocycles. The van der Waals surface area contributed by atoms with Crippen LogP contribution in [0.15, 0.2) is 12.1 Å². The molecule has 0 aliphatic heterocycles. The smallest absolute Gasteiger partial charge is 0.148 e.